The van der Waals surface area contributed by atoms with Crippen LogP contribution < -0.4 is 5.32 Å². The number of nitrogens with one attached hydrogen (secondary N) is 1. The summed E-state index contributed by atoms with van der Waals surface area (Å²) in [5, 5.41) is 7.20. The van der Waals surface area contributed by atoms with Gasteiger partial charge in [0.1, 0.15) is 5.76 Å². The van der Waals surface area contributed by atoms with Crippen LogP contribution >= 0.6 is 11.8 Å². The van der Waals surface area contributed by atoms with Crippen LogP contribution in [-0.2, 0) is 11.2 Å². The summed E-state index contributed by atoms with van der Waals surface area (Å²) in [6.45, 7) is 5.67. The van der Waals surface area contributed by atoms with E-state index in [0.717, 1.165) is 22.1 Å². The second-order valence-electron chi connectivity index (χ2n) is 4.73. The van der Waals surface area contributed by atoms with E-state index in [1.54, 1.807) is 13.0 Å². The number of amides is 1. The third-order valence-electron chi connectivity index (χ3n) is 3.08. The molecule has 0 atom stereocenters. The number of carbonyl (C=O) groups excluding carboxylic acids is 1. The summed E-state index contributed by atoms with van der Waals surface area (Å²) in [6, 6.07) is 1.69. The predicted molar refractivity (Wildman–Crippen MR) is 81.5 cm³/mol. The van der Waals surface area contributed by atoms with Gasteiger partial charge in [-0.05, 0) is 39.0 Å². The molecule has 112 valence electrons. The number of aromatic nitrogens is 3. The van der Waals surface area contributed by atoms with Crippen molar-refractivity contribution in [1.82, 2.24) is 15.1 Å². The standard InChI is InChI=1S/C14H18N4O2S/c1-8-7-12(18-20-8)17-13(19)6-5-11-9(2)15-14(21-4)16-10(11)3/h7H,5-6H2,1-4H3,(H,17,18,19). The van der Waals surface area contributed by atoms with Crippen LogP contribution in [0, 0.1) is 20.8 Å². The summed E-state index contributed by atoms with van der Waals surface area (Å²) >= 11 is 1.51. The summed E-state index contributed by atoms with van der Waals surface area (Å²) in [4.78, 5) is 20.7. The minimum Gasteiger partial charge on any atom is -0.360 e. The Balaban J connectivity index is 1.98. The van der Waals surface area contributed by atoms with Gasteiger partial charge in [0, 0.05) is 23.9 Å². The van der Waals surface area contributed by atoms with E-state index in [4.69, 9.17) is 4.52 Å². The van der Waals surface area contributed by atoms with Crippen LogP contribution in [0.25, 0.3) is 0 Å². The highest BCUT2D eigenvalue weighted by atomic mass is 32.2. The first-order chi connectivity index (χ1) is 9.99. The molecule has 2 aromatic rings. The van der Waals surface area contributed by atoms with E-state index in [1.165, 1.54) is 11.8 Å². The molecule has 0 fully saturated rings. The molecule has 7 heteroatoms. The van der Waals surface area contributed by atoms with Crippen molar-refractivity contribution in [3.05, 3.63) is 28.8 Å². The fraction of sp³-hybridized carbons (Fsp3) is 0.429. The summed E-state index contributed by atoms with van der Waals surface area (Å²) in [6.07, 6.45) is 2.91. The topological polar surface area (TPSA) is 80.9 Å². The zero-order valence-electron chi connectivity index (χ0n) is 12.6. The Morgan fingerprint density at radius 2 is 1.95 bits per heavy atom. The summed E-state index contributed by atoms with van der Waals surface area (Å²) in [5.74, 6) is 1.01. The zero-order valence-corrected chi connectivity index (χ0v) is 13.4. The van der Waals surface area contributed by atoms with Gasteiger partial charge < -0.3 is 9.84 Å². The van der Waals surface area contributed by atoms with Gasteiger partial charge in [0.05, 0.1) is 0 Å². The molecule has 0 saturated heterocycles. The molecule has 0 saturated carbocycles. The highest BCUT2D eigenvalue weighted by Crippen LogP contribution is 2.17. The Morgan fingerprint density at radius 1 is 1.29 bits per heavy atom. The van der Waals surface area contributed by atoms with Gasteiger partial charge in [-0.3, -0.25) is 4.79 Å². The summed E-state index contributed by atoms with van der Waals surface area (Å²) in [5.41, 5.74) is 2.88. The fourth-order valence-electron chi connectivity index (χ4n) is 2.03. The van der Waals surface area contributed by atoms with Gasteiger partial charge in [0.2, 0.25) is 5.91 Å². The van der Waals surface area contributed by atoms with Gasteiger partial charge in [0.25, 0.3) is 0 Å². The molecule has 0 bridgehead atoms. The Bertz CT molecular complexity index is 631. The lowest BCUT2D eigenvalue weighted by Crippen LogP contribution is -2.14. The third-order valence-corrected chi connectivity index (χ3v) is 3.63. The zero-order chi connectivity index (χ0) is 15.4. The molecule has 2 aromatic heterocycles. The van der Waals surface area contributed by atoms with Gasteiger partial charge in [-0.15, -0.1) is 0 Å². The van der Waals surface area contributed by atoms with E-state index in [2.05, 4.69) is 20.4 Å². The van der Waals surface area contributed by atoms with E-state index in [1.807, 2.05) is 20.1 Å². The molecule has 0 spiro atoms. The van der Waals surface area contributed by atoms with Crippen molar-refractivity contribution < 1.29 is 9.32 Å². The van der Waals surface area contributed by atoms with Crippen LogP contribution in [0.3, 0.4) is 0 Å². The molecule has 2 heterocycles. The van der Waals surface area contributed by atoms with E-state index in [-0.39, 0.29) is 5.91 Å². The Labute approximate surface area is 127 Å². The monoisotopic (exact) mass is 306 g/mol. The lowest BCUT2D eigenvalue weighted by molar-refractivity contribution is -0.116. The molecule has 21 heavy (non-hydrogen) atoms. The number of thioether (sulfide) groups is 1. The summed E-state index contributed by atoms with van der Waals surface area (Å²) < 4.78 is 4.90. The van der Waals surface area contributed by atoms with Crippen molar-refractivity contribution in [1.29, 1.82) is 0 Å². The van der Waals surface area contributed by atoms with Gasteiger partial charge in [-0.25, -0.2) is 9.97 Å². The Hall–Kier alpha value is -1.89. The second kappa shape index (κ2) is 6.71. The number of carbonyl (C=O) groups is 1. The summed E-state index contributed by atoms with van der Waals surface area (Å²) in [7, 11) is 0. The highest BCUT2D eigenvalue weighted by Gasteiger charge is 2.11. The average molecular weight is 306 g/mol. The van der Waals surface area contributed by atoms with Gasteiger partial charge in [-0.2, -0.15) is 0 Å². The molecule has 0 aliphatic heterocycles. The number of nitrogens with zero attached hydrogens (tertiary/aromatic N) is 3. The lowest BCUT2D eigenvalue weighted by atomic mass is 10.1. The maximum Gasteiger partial charge on any atom is 0.225 e. The molecule has 0 aromatic carbocycles. The number of aryl methyl sites for hydroxylation is 3. The quantitative estimate of drug-likeness (QED) is 0.675. The average Bonchev–Trinajstić information content (AvgIpc) is 2.82. The minimum atomic E-state index is -0.101. The SMILES string of the molecule is CSc1nc(C)c(CCC(=O)Nc2cc(C)on2)c(C)n1. The molecule has 1 amide bonds. The van der Waals surface area contributed by atoms with Crippen LogP contribution in [-0.4, -0.2) is 27.3 Å². The smallest absolute Gasteiger partial charge is 0.225 e. The van der Waals surface area contributed by atoms with Gasteiger partial charge in [0.15, 0.2) is 11.0 Å². The van der Waals surface area contributed by atoms with Crippen LogP contribution in [0.15, 0.2) is 15.7 Å². The van der Waals surface area contributed by atoms with Crippen molar-refractivity contribution in [3.63, 3.8) is 0 Å². The molecular weight excluding hydrogens is 288 g/mol. The number of hydrogen-bond acceptors (Lipinski definition) is 6. The maximum atomic E-state index is 11.9. The van der Waals surface area contributed by atoms with Crippen molar-refractivity contribution in [2.24, 2.45) is 0 Å². The van der Waals surface area contributed by atoms with Crippen LogP contribution in [0.1, 0.15) is 29.1 Å². The van der Waals surface area contributed by atoms with E-state index in [0.29, 0.717) is 24.4 Å². The molecule has 1 N–H and O–H groups in total. The van der Waals surface area contributed by atoms with Crippen molar-refractivity contribution in [2.45, 2.75) is 38.8 Å². The first-order valence-corrected chi connectivity index (χ1v) is 7.83. The Morgan fingerprint density at radius 3 is 2.48 bits per heavy atom. The number of anilines is 1. The van der Waals surface area contributed by atoms with Crippen molar-refractivity contribution >= 4 is 23.5 Å². The molecule has 0 aliphatic rings. The van der Waals surface area contributed by atoms with Crippen LogP contribution in [0.2, 0.25) is 0 Å². The molecular formula is C14H18N4O2S. The molecule has 6 nitrogen and oxygen atoms in total. The van der Waals surface area contributed by atoms with Crippen molar-refractivity contribution in [2.75, 3.05) is 11.6 Å². The number of rotatable bonds is 5. The Kier molecular flexibility index (Phi) is 4.95. The lowest BCUT2D eigenvalue weighted by Gasteiger charge is -2.09. The second-order valence-corrected chi connectivity index (χ2v) is 5.50. The molecule has 0 aliphatic carbocycles. The molecule has 0 radical (unpaired) electrons. The highest BCUT2D eigenvalue weighted by molar-refractivity contribution is 7.98. The van der Waals surface area contributed by atoms with E-state index in [9.17, 15) is 4.79 Å². The van der Waals surface area contributed by atoms with E-state index < -0.39 is 0 Å². The maximum absolute atomic E-state index is 11.9. The van der Waals surface area contributed by atoms with Gasteiger partial charge in [-0.1, -0.05) is 16.9 Å². The van der Waals surface area contributed by atoms with Crippen LogP contribution in [0.5, 0.6) is 0 Å². The molecule has 2 rings (SSSR count). The fourth-order valence-corrected chi connectivity index (χ4v) is 2.49. The molecule has 0 unspecified atom stereocenters. The van der Waals surface area contributed by atoms with Crippen molar-refractivity contribution in [3.8, 4) is 0 Å². The largest absolute Gasteiger partial charge is 0.360 e. The third kappa shape index (κ3) is 4.04. The van der Waals surface area contributed by atoms with Crippen LogP contribution in [0.4, 0.5) is 5.82 Å². The van der Waals surface area contributed by atoms with Gasteiger partial charge >= 0.3 is 0 Å². The number of hydrogen-bond donors (Lipinski definition) is 1. The minimum absolute atomic E-state index is 0.101. The predicted octanol–water partition coefficient (Wildman–Crippen LogP) is 2.68. The normalized spacial score (nSPS) is 10.7. The van der Waals surface area contributed by atoms with E-state index >= 15 is 0 Å². The first-order valence-electron chi connectivity index (χ1n) is 6.61. The first kappa shape index (κ1) is 15.5.